The van der Waals surface area contributed by atoms with Crippen molar-refractivity contribution in [2.75, 3.05) is 6.61 Å². The molecule has 1 N–H and O–H groups in total. The fourth-order valence-electron chi connectivity index (χ4n) is 9.13. The van der Waals surface area contributed by atoms with Crippen LogP contribution in [0.3, 0.4) is 0 Å². The molecule has 0 aliphatic carbocycles. The molecule has 0 heterocycles. The number of benzene rings is 2. The summed E-state index contributed by atoms with van der Waals surface area (Å²) in [7, 11) is 0. The first kappa shape index (κ1) is 40.7. The van der Waals surface area contributed by atoms with Crippen molar-refractivity contribution in [3.05, 3.63) is 59.7 Å². The monoisotopic (exact) mass is 651 g/mol. The van der Waals surface area contributed by atoms with Crippen LogP contribution in [0.25, 0.3) is 0 Å². The number of carbonyl (C=O) groups is 1. The number of ether oxygens (including phenoxy) is 2. The van der Waals surface area contributed by atoms with Gasteiger partial charge in [0, 0.05) is 0 Å². The Hall–Kier alpha value is -2.49. The van der Waals surface area contributed by atoms with Gasteiger partial charge in [0.15, 0.2) is 6.61 Å². The molecule has 0 fully saturated rings. The zero-order valence-electron chi connectivity index (χ0n) is 32.5. The van der Waals surface area contributed by atoms with Crippen LogP contribution in [-0.2, 0) is 9.53 Å². The van der Waals surface area contributed by atoms with E-state index in [2.05, 4.69) is 106 Å². The van der Waals surface area contributed by atoms with Gasteiger partial charge in [0.05, 0.1) is 0 Å². The Balaban J connectivity index is 2.85. The van der Waals surface area contributed by atoms with E-state index in [0.29, 0.717) is 23.3 Å². The Labute approximate surface area is 289 Å². The van der Waals surface area contributed by atoms with E-state index < -0.39 is 5.60 Å². The first-order valence-electron chi connectivity index (χ1n) is 18.8. The molecule has 0 aliphatic heterocycles. The largest absolute Gasteiger partial charge is 0.508 e. The van der Waals surface area contributed by atoms with Crippen LogP contribution in [0.4, 0.5) is 0 Å². The molecule has 47 heavy (non-hydrogen) atoms. The fourth-order valence-corrected chi connectivity index (χ4v) is 9.13. The third-order valence-electron chi connectivity index (χ3n) is 12.7. The number of phenols is 1. The number of aromatic hydroxyl groups is 1. The lowest BCUT2D eigenvalue weighted by atomic mass is 9.41. The van der Waals surface area contributed by atoms with Crippen molar-refractivity contribution in [2.24, 2.45) is 21.7 Å². The highest BCUT2D eigenvalue weighted by Gasteiger charge is 2.59. The van der Waals surface area contributed by atoms with Crippen molar-refractivity contribution in [1.82, 2.24) is 0 Å². The maximum absolute atomic E-state index is 12.4. The highest BCUT2D eigenvalue weighted by Crippen LogP contribution is 2.69. The third kappa shape index (κ3) is 8.95. The molecule has 0 radical (unpaired) electrons. The molecule has 2 atom stereocenters. The van der Waals surface area contributed by atoms with Gasteiger partial charge >= 0.3 is 5.97 Å². The molecule has 2 unspecified atom stereocenters. The summed E-state index contributed by atoms with van der Waals surface area (Å²) in [5.74, 6) is 1.29. The molecule has 0 amide bonds. The van der Waals surface area contributed by atoms with Crippen molar-refractivity contribution in [3.63, 3.8) is 0 Å². The lowest BCUT2D eigenvalue weighted by molar-refractivity contribution is -0.157. The molecule has 4 nitrogen and oxygen atoms in total. The third-order valence-corrected chi connectivity index (χ3v) is 12.7. The van der Waals surface area contributed by atoms with Crippen LogP contribution < -0.4 is 4.74 Å². The number of phenolic OH excluding ortho intramolecular Hbond substituents is 1. The second-order valence-electron chi connectivity index (χ2n) is 15.8. The molecule has 0 saturated carbocycles. The minimum atomic E-state index is -0.541. The first-order chi connectivity index (χ1) is 22.0. The fraction of sp³-hybridized carbons (Fsp3) is 0.698. The SMILES string of the molecule is CCC(C)(CC)CC(c1ccc(O)cc1)C(CC)(CC)C(CC)(CC)C(c1ccc(OCC(=O)OC(C)(C)C)cc1)C(C)(CC)CC. The van der Waals surface area contributed by atoms with Gasteiger partial charge < -0.3 is 14.6 Å². The van der Waals surface area contributed by atoms with Gasteiger partial charge in [-0.2, -0.15) is 0 Å². The van der Waals surface area contributed by atoms with E-state index in [4.69, 9.17) is 9.47 Å². The molecule has 0 bridgehead atoms. The smallest absolute Gasteiger partial charge is 0.344 e. The lowest BCUT2D eigenvalue weighted by Crippen LogP contribution is -2.53. The molecule has 2 aromatic carbocycles. The zero-order valence-corrected chi connectivity index (χ0v) is 32.5. The number of hydrogen-bond acceptors (Lipinski definition) is 4. The molecular formula is C43H70O4. The standard InChI is InChI=1S/C43H70O4/c1-14-40(12,15-2)30-36(32-22-26-34(44)27-23-32)42(18-5,19-6)43(20-7,21-8)38(41(13,16-3)17-4)33-24-28-35(29-25-33)46-31-37(45)47-39(9,10)11/h22-29,36,38,44H,14-21,30-31H2,1-13H3. The Kier molecular flexibility index (Phi) is 14.5. The second kappa shape index (κ2) is 16.8. The van der Waals surface area contributed by atoms with E-state index in [9.17, 15) is 9.90 Å². The molecule has 4 heteroatoms. The summed E-state index contributed by atoms with van der Waals surface area (Å²) < 4.78 is 11.4. The van der Waals surface area contributed by atoms with E-state index in [1.165, 1.54) is 11.1 Å². The number of esters is 1. The van der Waals surface area contributed by atoms with Gasteiger partial charge in [0.2, 0.25) is 0 Å². The van der Waals surface area contributed by atoms with Crippen LogP contribution in [0.1, 0.15) is 171 Å². The van der Waals surface area contributed by atoms with E-state index in [1.54, 1.807) is 0 Å². The summed E-state index contributed by atoms with van der Waals surface area (Å²) in [6.07, 6.45) is 9.88. The molecule has 0 aliphatic rings. The van der Waals surface area contributed by atoms with E-state index >= 15 is 0 Å². The van der Waals surface area contributed by atoms with Crippen molar-refractivity contribution in [2.45, 2.75) is 165 Å². The highest BCUT2D eigenvalue weighted by molar-refractivity contribution is 5.71. The molecule has 0 spiro atoms. The Morgan fingerprint density at radius 3 is 1.51 bits per heavy atom. The Morgan fingerprint density at radius 1 is 0.638 bits per heavy atom. The summed E-state index contributed by atoms with van der Waals surface area (Å²) >= 11 is 0. The number of carbonyl (C=O) groups excluding carboxylic acids is 1. The maximum Gasteiger partial charge on any atom is 0.344 e. The van der Waals surface area contributed by atoms with Crippen molar-refractivity contribution in [1.29, 1.82) is 0 Å². The molecular weight excluding hydrogens is 580 g/mol. The lowest BCUT2D eigenvalue weighted by Gasteiger charge is -2.62. The Bertz CT molecular complexity index is 1200. The van der Waals surface area contributed by atoms with Gasteiger partial charge in [-0.25, -0.2) is 4.79 Å². The van der Waals surface area contributed by atoms with Gasteiger partial charge in [-0.05, 0) is 122 Å². The molecule has 0 saturated heterocycles. The summed E-state index contributed by atoms with van der Waals surface area (Å²) in [5, 5.41) is 10.3. The normalized spacial score (nSPS) is 14.5. The van der Waals surface area contributed by atoms with Crippen LogP contribution in [0.2, 0.25) is 0 Å². The van der Waals surface area contributed by atoms with E-state index in [-0.39, 0.29) is 34.2 Å². The van der Waals surface area contributed by atoms with Crippen molar-refractivity contribution >= 4 is 5.97 Å². The van der Waals surface area contributed by atoms with Crippen molar-refractivity contribution in [3.8, 4) is 11.5 Å². The minimum Gasteiger partial charge on any atom is -0.508 e. The minimum absolute atomic E-state index is 0.00121. The van der Waals surface area contributed by atoms with Crippen LogP contribution >= 0.6 is 0 Å². The van der Waals surface area contributed by atoms with E-state index in [0.717, 1.165) is 57.8 Å². The molecule has 2 aromatic rings. The summed E-state index contributed by atoms with van der Waals surface area (Å²) in [6, 6.07) is 16.8. The molecule has 0 aromatic heterocycles. The van der Waals surface area contributed by atoms with Crippen LogP contribution in [0.15, 0.2) is 48.5 Å². The van der Waals surface area contributed by atoms with Crippen molar-refractivity contribution < 1.29 is 19.4 Å². The van der Waals surface area contributed by atoms with Crippen LogP contribution in [0, 0.1) is 21.7 Å². The predicted molar refractivity (Wildman–Crippen MR) is 199 cm³/mol. The number of hydrogen-bond donors (Lipinski definition) is 1. The average molecular weight is 651 g/mol. The maximum atomic E-state index is 12.4. The van der Waals surface area contributed by atoms with Gasteiger partial charge in [-0.15, -0.1) is 0 Å². The van der Waals surface area contributed by atoms with E-state index in [1.807, 2.05) is 32.9 Å². The summed E-state index contributed by atoms with van der Waals surface area (Å²) in [4.78, 5) is 12.4. The number of rotatable bonds is 19. The highest BCUT2D eigenvalue weighted by atomic mass is 16.6. The van der Waals surface area contributed by atoms with Gasteiger partial charge in [0.25, 0.3) is 0 Å². The Morgan fingerprint density at radius 2 is 1.11 bits per heavy atom. The van der Waals surface area contributed by atoms with Crippen LogP contribution in [-0.4, -0.2) is 23.3 Å². The summed E-state index contributed by atoms with van der Waals surface area (Å²) in [5.41, 5.74) is 2.44. The predicted octanol–water partition coefficient (Wildman–Crippen LogP) is 12.6. The molecule has 266 valence electrons. The van der Waals surface area contributed by atoms with Gasteiger partial charge in [0.1, 0.15) is 17.1 Å². The quantitative estimate of drug-likeness (QED) is 0.154. The summed E-state index contributed by atoms with van der Waals surface area (Å²) in [6.45, 7) is 29.7. The molecule has 2 rings (SSSR count). The first-order valence-corrected chi connectivity index (χ1v) is 18.8. The van der Waals surface area contributed by atoms with Gasteiger partial charge in [-0.1, -0.05) is 119 Å². The zero-order chi connectivity index (χ0) is 35.7. The van der Waals surface area contributed by atoms with Crippen LogP contribution in [0.5, 0.6) is 11.5 Å². The van der Waals surface area contributed by atoms with Gasteiger partial charge in [-0.3, -0.25) is 0 Å². The second-order valence-corrected chi connectivity index (χ2v) is 15.8. The topological polar surface area (TPSA) is 55.8 Å². The average Bonchev–Trinajstić information content (AvgIpc) is 3.06.